The lowest BCUT2D eigenvalue weighted by atomic mass is 9.94. The number of thiophene rings is 1. The molecular formula is C15H14OS. The van der Waals surface area contributed by atoms with Crippen LogP contribution in [0.15, 0.2) is 29.8 Å². The first-order valence-electron chi connectivity index (χ1n) is 5.84. The molecule has 1 heterocycles. The number of carbonyl (C=O) groups excluding carboxylic acids is 1. The molecule has 0 N–H and O–H groups in total. The summed E-state index contributed by atoms with van der Waals surface area (Å²) in [6.07, 6.45) is 0. The van der Waals surface area contributed by atoms with Gasteiger partial charge < -0.3 is 0 Å². The number of fused-ring (bicyclic) bond motifs is 3. The van der Waals surface area contributed by atoms with Gasteiger partial charge in [-0.05, 0) is 36.4 Å². The van der Waals surface area contributed by atoms with Gasteiger partial charge in [0.2, 0.25) is 0 Å². The third-order valence-electron chi connectivity index (χ3n) is 3.62. The Bertz CT molecular complexity index is 661. The van der Waals surface area contributed by atoms with Gasteiger partial charge in [0.1, 0.15) is 0 Å². The van der Waals surface area contributed by atoms with Crippen molar-refractivity contribution in [3.05, 3.63) is 40.3 Å². The fourth-order valence-corrected chi connectivity index (χ4v) is 4.25. The summed E-state index contributed by atoms with van der Waals surface area (Å²) in [4.78, 5) is 13.0. The van der Waals surface area contributed by atoms with Gasteiger partial charge in [0.15, 0.2) is 5.78 Å². The van der Waals surface area contributed by atoms with E-state index in [0.29, 0.717) is 0 Å². The van der Waals surface area contributed by atoms with Crippen LogP contribution in [0.1, 0.15) is 37.1 Å². The van der Waals surface area contributed by atoms with E-state index in [9.17, 15) is 4.79 Å². The third-order valence-corrected chi connectivity index (χ3v) is 4.93. The zero-order chi connectivity index (χ0) is 12.2. The molecule has 0 saturated carbocycles. The lowest BCUT2D eigenvalue weighted by molar-refractivity contribution is -0.113. The Morgan fingerprint density at radius 3 is 2.71 bits per heavy atom. The number of carbonyl (C=O) groups is 1. The Labute approximate surface area is 105 Å². The fraction of sp³-hybridized carbons (Fsp3) is 0.267. The van der Waals surface area contributed by atoms with Gasteiger partial charge >= 0.3 is 0 Å². The Kier molecular flexibility index (Phi) is 2.23. The minimum atomic E-state index is 0.211. The lowest BCUT2D eigenvalue weighted by Gasteiger charge is -2.08. The maximum Gasteiger partial charge on any atom is 0.156 e. The number of allylic oxidation sites excluding steroid dienone is 2. The van der Waals surface area contributed by atoms with Crippen LogP contribution < -0.4 is 0 Å². The number of hydrogen-bond donors (Lipinski definition) is 0. The zero-order valence-electron chi connectivity index (χ0n) is 10.2. The van der Waals surface area contributed by atoms with Gasteiger partial charge in [0.25, 0.3) is 0 Å². The predicted octanol–water partition coefficient (Wildman–Crippen LogP) is 4.38. The number of benzene rings is 1. The van der Waals surface area contributed by atoms with E-state index < -0.39 is 0 Å². The Balaban J connectivity index is 2.34. The number of Topliss-reactive ketones (excluding diaryl/α,β-unsaturated/α-hetero) is 1. The molecule has 2 heteroatoms. The van der Waals surface area contributed by atoms with Crippen molar-refractivity contribution in [2.75, 3.05) is 0 Å². The van der Waals surface area contributed by atoms with Crippen molar-refractivity contribution in [2.45, 2.75) is 26.7 Å². The average molecular weight is 242 g/mol. The van der Waals surface area contributed by atoms with Crippen LogP contribution in [0, 0.1) is 0 Å². The molecule has 0 saturated heterocycles. The predicted molar refractivity (Wildman–Crippen MR) is 73.5 cm³/mol. The summed E-state index contributed by atoms with van der Waals surface area (Å²) in [5, 5.41) is 1.32. The summed E-state index contributed by atoms with van der Waals surface area (Å²) in [5.74, 6) is 0.459. The van der Waals surface area contributed by atoms with Crippen LogP contribution in [0.3, 0.4) is 0 Å². The van der Waals surface area contributed by atoms with Crippen LogP contribution in [0.2, 0.25) is 0 Å². The molecule has 3 rings (SSSR count). The summed E-state index contributed by atoms with van der Waals surface area (Å²) in [7, 11) is 0. The van der Waals surface area contributed by atoms with E-state index in [-0.39, 0.29) is 11.7 Å². The highest BCUT2D eigenvalue weighted by molar-refractivity contribution is 7.20. The van der Waals surface area contributed by atoms with E-state index in [2.05, 4.69) is 38.1 Å². The highest BCUT2D eigenvalue weighted by atomic mass is 32.1. The van der Waals surface area contributed by atoms with Crippen LogP contribution >= 0.6 is 11.3 Å². The van der Waals surface area contributed by atoms with Crippen LogP contribution in [0.25, 0.3) is 15.7 Å². The minimum absolute atomic E-state index is 0.211. The van der Waals surface area contributed by atoms with Gasteiger partial charge in [-0.25, -0.2) is 0 Å². The highest BCUT2D eigenvalue weighted by Gasteiger charge is 2.31. The Morgan fingerprint density at radius 1 is 1.29 bits per heavy atom. The van der Waals surface area contributed by atoms with Crippen molar-refractivity contribution in [1.82, 2.24) is 0 Å². The monoisotopic (exact) mass is 242 g/mol. The summed E-state index contributed by atoms with van der Waals surface area (Å²) in [6, 6.07) is 8.47. The molecule has 1 nitrogen and oxygen atoms in total. The first-order chi connectivity index (χ1) is 8.11. The average Bonchev–Trinajstić information content (AvgIpc) is 2.76. The van der Waals surface area contributed by atoms with Gasteiger partial charge in [-0.1, -0.05) is 25.1 Å². The maximum atomic E-state index is 11.7. The fourth-order valence-electron chi connectivity index (χ4n) is 2.93. The normalized spacial score (nSPS) is 18.9. The Hall–Kier alpha value is -1.41. The molecule has 1 atom stereocenters. The van der Waals surface area contributed by atoms with E-state index in [1.165, 1.54) is 26.1 Å². The van der Waals surface area contributed by atoms with Gasteiger partial charge in [0.05, 0.1) is 0 Å². The van der Waals surface area contributed by atoms with E-state index >= 15 is 0 Å². The molecule has 0 aliphatic heterocycles. The largest absolute Gasteiger partial charge is 0.295 e. The first kappa shape index (κ1) is 10.7. The molecule has 0 bridgehead atoms. The van der Waals surface area contributed by atoms with Crippen molar-refractivity contribution < 1.29 is 4.79 Å². The topological polar surface area (TPSA) is 17.1 Å². The summed E-state index contributed by atoms with van der Waals surface area (Å²) < 4.78 is 1.33. The summed E-state index contributed by atoms with van der Waals surface area (Å²) in [6.45, 7) is 5.90. The third kappa shape index (κ3) is 1.34. The van der Waals surface area contributed by atoms with E-state index in [1.54, 1.807) is 6.92 Å². The molecule has 0 radical (unpaired) electrons. The van der Waals surface area contributed by atoms with Crippen molar-refractivity contribution in [1.29, 1.82) is 0 Å². The lowest BCUT2D eigenvalue weighted by Crippen LogP contribution is -2.02. The second-order valence-corrected chi connectivity index (χ2v) is 5.71. The van der Waals surface area contributed by atoms with Crippen LogP contribution in [0.5, 0.6) is 0 Å². The molecule has 1 aromatic heterocycles. The number of ketones is 1. The van der Waals surface area contributed by atoms with Gasteiger partial charge in [0, 0.05) is 21.1 Å². The second-order valence-electron chi connectivity index (χ2n) is 4.66. The molecule has 1 aliphatic carbocycles. The molecular weight excluding hydrogens is 228 g/mol. The quantitative estimate of drug-likeness (QED) is 0.725. The molecule has 17 heavy (non-hydrogen) atoms. The number of rotatable bonds is 1. The molecule has 0 fully saturated rings. The SMILES string of the molecule is CC(=O)C1=C(C)c2sc3ccccc3c2C1C. The minimum Gasteiger partial charge on any atom is -0.295 e. The smallest absolute Gasteiger partial charge is 0.156 e. The molecule has 0 spiro atoms. The van der Waals surface area contributed by atoms with Crippen molar-refractivity contribution in [3.8, 4) is 0 Å². The molecule has 86 valence electrons. The Morgan fingerprint density at radius 2 is 2.00 bits per heavy atom. The summed E-state index contributed by atoms with van der Waals surface area (Å²) in [5.41, 5.74) is 3.53. The maximum absolute atomic E-state index is 11.7. The highest BCUT2D eigenvalue weighted by Crippen LogP contribution is 2.49. The molecule has 1 aliphatic rings. The van der Waals surface area contributed by atoms with Gasteiger partial charge in [-0.2, -0.15) is 0 Å². The molecule has 1 aromatic carbocycles. The molecule has 0 amide bonds. The van der Waals surface area contributed by atoms with Crippen LogP contribution in [-0.2, 0) is 4.79 Å². The van der Waals surface area contributed by atoms with Gasteiger partial charge in [-0.15, -0.1) is 11.3 Å². The van der Waals surface area contributed by atoms with E-state index in [1.807, 2.05) is 11.3 Å². The second kappa shape index (κ2) is 3.54. The van der Waals surface area contributed by atoms with Crippen LogP contribution in [-0.4, -0.2) is 5.78 Å². The number of hydrogen-bond acceptors (Lipinski definition) is 2. The van der Waals surface area contributed by atoms with E-state index in [4.69, 9.17) is 0 Å². The van der Waals surface area contributed by atoms with Crippen molar-refractivity contribution in [2.24, 2.45) is 0 Å². The van der Waals surface area contributed by atoms with Gasteiger partial charge in [-0.3, -0.25) is 4.79 Å². The molecule has 1 unspecified atom stereocenters. The molecule has 2 aromatic rings. The summed E-state index contributed by atoms with van der Waals surface area (Å²) >= 11 is 1.81. The standard InChI is InChI=1S/C15H14OS/c1-8-13(10(3)16)9(2)15-14(8)11-6-4-5-7-12(11)17-15/h4-8H,1-3H3. The van der Waals surface area contributed by atoms with Crippen molar-refractivity contribution in [3.63, 3.8) is 0 Å². The first-order valence-corrected chi connectivity index (χ1v) is 6.66. The van der Waals surface area contributed by atoms with Crippen molar-refractivity contribution >= 4 is 32.8 Å². The van der Waals surface area contributed by atoms with Crippen LogP contribution in [0.4, 0.5) is 0 Å². The zero-order valence-corrected chi connectivity index (χ0v) is 11.0. The van der Waals surface area contributed by atoms with E-state index in [0.717, 1.165) is 5.57 Å².